The van der Waals surface area contributed by atoms with Crippen molar-refractivity contribution in [2.45, 2.75) is 0 Å². The lowest BCUT2D eigenvalue weighted by Crippen LogP contribution is -1.86. The molecule has 0 aliphatic rings. The van der Waals surface area contributed by atoms with E-state index in [2.05, 4.69) is 10.1 Å². The number of phenols is 1. The van der Waals surface area contributed by atoms with Gasteiger partial charge in [0.15, 0.2) is 0 Å². The zero-order chi connectivity index (χ0) is 14.1. The van der Waals surface area contributed by atoms with Gasteiger partial charge in [-0.05, 0) is 24.3 Å². The van der Waals surface area contributed by atoms with Gasteiger partial charge in [0.25, 0.3) is 5.89 Å². The van der Waals surface area contributed by atoms with Gasteiger partial charge in [0.05, 0.1) is 10.6 Å². The van der Waals surface area contributed by atoms with Crippen molar-refractivity contribution < 1.29 is 14.0 Å². The van der Waals surface area contributed by atoms with Crippen LogP contribution in [0, 0.1) is 5.82 Å². The Morgan fingerprint density at radius 1 is 1.15 bits per heavy atom. The average molecular weight is 291 g/mol. The molecule has 1 N–H and O–H groups in total. The molecule has 0 radical (unpaired) electrons. The summed E-state index contributed by atoms with van der Waals surface area (Å²) in [4.78, 5) is 4.10. The van der Waals surface area contributed by atoms with E-state index in [-0.39, 0.29) is 28.1 Å². The number of phenolic OH excluding ortho intramolecular Hbond substituents is 1. The first-order valence-corrected chi connectivity index (χ1v) is 6.10. The van der Waals surface area contributed by atoms with Gasteiger partial charge in [-0.3, -0.25) is 0 Å². The summed E-state index contributed by atoms with van der Waals surface area (Å²) in [6.07, 6.45) is 0. The molecule has 0 amide bonds. The molecule has 6 heteroatoms. The lowest BCUT2D eigenvalue weighted by Gasteiger charge is -1.99. The summed E-state index contributed by atoms with van der Waals surface area (Å²) in [7, 11) is 0. The fourth-order valence-electron chi connectivity index (χ4n) is 1.79. The second-order valence-electron chi connectivity index (χ2n) is 4.07. The fraction of sp³-hybridized carbons (Fsp3) is 0. The van der Waals surface area contributed by atoms with Crippen LogP contribution in [0.15, 0.2) is 47.0 Å². The molecule has 0 unspecified atom stereocenters. The molecule has 0 aliphatic carbocycles. The first-order valence-electron chi connectivity index (χ1n) is 5.72. The van der Waals surface area contributed by atoms with Crippen LogP contribution < -0.4 is 0 Å². The van der Waals surface area contributed by atoms with E-state index in [4.69, 9.17) is 16.1 Å². The number of aromatic nitrogens is 2. The minimum absolute atomic E-state index is 0.00792. The van der Waals surface area contributed by atoms with Crippen LogP contribution in [0.4, 0.5) is 4.39 Å². The van der Waals surface area contributed by atoms with Gasteiger partial charge in [0.2, 0.25) is 5.82 Å². The normalized spacial score (nSPS) is 10.7. The molecule has 0 aliphatic heterocycles. The number of aromatic hydroxyl groups is 1. The summed E-state index contributed by atoms with van der Waals surface area (Å²) in [6, 6.07) is 10.7. The van der Waals surface area contributed by atoms with Gasteiger partial charge in [-0.25, -0.2) is 4.39 Å². The highest BCUT2D eigenvalue weighted by Crippen LogP contribution is 2.31. The summed E-state index contributed by atoms with van der Waals surface area (Å²) >= 11 is 5.94. The van der Waals surface area contributed by atoms with Crippen LogP contribution in [0.3, 0.4) is 0 Å². The molecule has 1 aromatic heterocycles. The maximum absolute atomic E-state index is 13.8. The van der Waals surface area contributed by atoms with E-state index in [1.807, 2.05) is 0 Å². The van der Waals surface area contributed by atoms with Crippen LogP contribution in [-0.4, -0.2) is 15.2 Å². The molecule has 0 bridgehead atoms. The van der Waals surface area contributed by atoms with E-state index in [0.717, 1.165) is 0 Å². The highest BCUT2D eigenvalue weighted by molar-refractivity contribution is 6.33. The first-order chi connectivity index (χ1) is 9.65. The SMILES string of the molecule is Oc1cccc(-c2noc(-c3c(F)cccc3Cl)n2)c1. The molecule has 3 aromatic rings. The Kier molecular flexibility index (Phi) is 3.12. The van der Waals surface area contributed by atoms with Crippen LogP contribution in [-0.2, 0) is 0 Å². The number of halogens is 2. The molecule has 4 nitrogen and oxygen atoms in total. The number of rotatable bonds is 2. The molecule has 20 heavy (non-hydrogen) atoms. The second kappa shape index (κ2) is 4.94. The topological polar surface area (TPSA) is 59.2 Å². The minimum Gasteiger partial charge on any atom is -0.508 e. The zero-order valence-corrected chi connectivity index (χ0v) is 10.8. The van der Waals surface area contributed by atoms with Crippen molar-refractivity contribution in [2.24, 2.45) is 0 Å². The van der Waals surface area contributed by atoms with Crippen molar-refractivity contribution in [2.75, 3.05) is 0 Å². The molecule has 1 heterocycles. The van der Waals surface area contributed by atoms with E-state index in [9.17, 15) is 9.50 Å². The number of hydrogen-bond donors (Lipinski definition) is 1. The first kappa shape index (κ1) is 12.6. The predicted molar refractivity (Wildman–Crippen MR) is 71.8 cm³/mol. The molecule has 100 valence electrons. The van der Waals surface area contributed by atoms with Gasteiger partial charge in [-0.1, -0.05) is 35.0 Å². The van der Waals surface area contributed by atoms with Crippen LogP contribution in [0.1, 0.15) is 0 Å². The Labute approximate surface area is 118 Å². The third-order valence-electron chi connectivity index (χ3n) is 2.71. The van der Waals surface area contributed by atoms with Crippen molar-refractivity contribution >= 4 is 11.6 Å². The predicted octanol–water partition coefficient (Wildman–Crippen LogP) is 3.90. The summed E-state index contributed by atoms with van der Waals surface area (Å²) in [5.41, 5.74) is 0.625. The molecule has 2 aromatic carbocycles. The molecule has 0 fully saturated rings. The number of nitrogens with zero attached hydrogens (tertiary/aromatic N) is 2. The lowest BCUT2D eigenvalue weighted by molar-refractivity contribution is 0.429. The molecular weight excluding hydrogens is 283 g/mol. The molecule has 0 atom stereocenters. The van der Waals surface area contributed by atoms with Crippen molar-refractivity contribution in [3.8, 4) is 28.6 Å². The Hall–Kier alpha value is -2.40. The van der Waals surface area contributed by atoms with Gasteiger partial charge in [0.1, 0.15) is 11.6 Å². The van der Waals surface area contributed by atoms with Gasteiger partial charge in [-0.2, -0.15) is 4.98 Å². The van der Waals surface area contributed by atoms with Crippen molar-refractivity contribution in [3.63, 3.8) is 0 Å². The second-order valence-corrected chi connectivity index (χ2v) is 4.48. The molecule has 0 saturated carbocycles. The average Bonchev–Trinajstić information content (AvgIpc) is 2.88. The maximum Gasteiger partial charge on any atom is 0.262 e. The minimum atomic E-state index is -0.538. The van der Waals surface area contributed by atoms with Gasteiger partial charge in [0, 0.05) is 5.56 Å². The van der Waals surface area contributed by atoms with E-state index in [1.165, 1.54) is 30.3 Å². The third-order valence-corrected chi connectivity index (χ3v) is 3.02. The van der Waals surface area contributed by atoms with Gasteiger partial charge in [-0.15, -0.1) is 0 Å². The highest BCUT2D eigenvalue weighted by atomic mass is 35.5. The van der Waals surface area contributed by atoms with Crippen LogP contribution in [0.5, 0.6) is 5.75 Å². The summed E-state index contributed by atoms with van der Waals surface area (Å²) < 4.78 is 18.8. The van der Waals surface area contributed by atoms with E-state index in [0.29, 0.717) is 5.56 Å². The standard InChI is InChI=1S/C14H8ClFN2O2/c15-10-5-2-6-11(16)12(10)14-17-13(18-20-14)8-3-1-4-9(19)7-8/h1-7,19H. The number of benzene rings is 2. The molecular formula is C14H8ClFN2O2. The van der Waals surface area contributed by atoms with Gasteiger partial charge >= 0.3 is 0 Å². The van der Waals surface area contributed by atoms with Crippen LogP contribution in [0.25, 0.3) is 22.8 Å². The van der Waals surface area contributed by atoms with E-state index >= 15 is 0 Å². The Bertz CT molecular complexity index is 753. The lowest BCUT2D eigenvalue weighted by atomic mass is 10.2. The van der Waals surface area contributed by atoms with Crippen LogP contribution >= 0.6 is 11.6 Å². The molecule has 0 spiro atoms. The summed E-state index contributed by atoms with van der Waals surface area (Å²) in [6.45, 7) is 0. The zero-order valence-electron chi connectivity index (χ0n) is 10.0. The Balaban J connectivity index is 2.07. The third kappa shape index (κ3) is 2.23. The fourth-order valence-corrected chi connectivity index (χ4v) is 2.03. The largest absolute Gasteiger partial charge is 0.508 e. The molecule has 0 saturated heterocycles. The monoisotopic (exact) mass is 290 g/mol. The highest BCUT2D eigenvalue weighted by Gasteiger charge is 2.17. The summed E-state index contributed by atoms with van der Waals surface area (Å²) in [5.74, 6) is -0.219. The smallest absolute Gasteiger partial charge is 0.262 e. The Morgan fingerprint density at radius 3 is 2.70 bits per heavy atom. The van der Waals surface area contributed by atoms with Crippen molar-refractivity contribution in [3.05, 3.63) is 53.3 Å². The maximum atomic E-state index is 13.8. The van der Waals surface area contributed by atoms with E-state index < -0.39 is 5.82 Å². The Morgan fingerprint density at radius 2 is 1.95 bits per heavy atom. The van der Waals surface area contributed by atoms with Crippen molar-refractivity contribution in [1.82, 2.24) is 10.1 Å². The quantitative estimate of drug-likeness (QED) is 0.777. The summed E-state index contributed by atoms with van der Waals surface area (Å²) in [5, 5.41) is 13.4. The number of hydrogen-bond acceptors (Lipinski definition) is 4. The van der Waals surface area contributed by atoms with E-state index in [1.54, 1.807) is 12.1 Å². The molecule has 3 rings (SSSR count). The van der Waals surface area contributed by atoms with Gasteiger partial charge < -0.3 is 9.63 Å². The van der Waals surface area contributed by atoms with Crippen molar-refractivity contribution in [1.29, 1.82) is 0 Å². The van der Waals surface area contributed by atoms with Crippen LogP contribution in [0.2, 0.25) is 5.02 Å².